The number of benzene rings is 1. The molecule has 2 rings (SSSR count). The lowest BCUT2D eigenvalue weighted by atomic mass is 10.0. The first kappa shape index (κ1) is 13.4. The van der Waals surface area contributed by atoms with Gasteiger partial charge < -0.3 is 5.11 Å². The summed E-state index contributed by atoms with van der Waals surface area (Å²) in [5, 5.41) is 14.2. The number of hydrogen-bond donors (Lipinski definition) is 2. The minimum atomic E-state index is -4.61. The topological polar surface area (TPSA) is 66.0 Å². The van der Waals surface area contributed by atoms with Crippen molar-refractivity contribution in [3.8, 4) is 11.3 Å². The van der Waals surface area contributed by atoms with Crippen LogP contribution in [0.5, 0.6) is 0 Å². The number of nitrogens with one attached hydrogen (secondary N) is 1. The van der Waals surface area contributed by atoms with Crippen LogP contribution in [0.4, 0.5) is 13.2 Å². The van der Waals surface area contributed by atoms with E-state index in [2.05, 4.69) is 10.2 Å². The number of H-pyrrole nitrogens is 1. The van der Waals surface area contributed by atoms with Crippen LogP contribution in [-0.2, 0) is 6.18 Å². The molecule has 0 atom stereocenters. The predicted molar refractivity (Wildman–Crippen MR) is 61.0 cm³/mol. The number of aromatic carboxylic acids is 1. The van der Waals surface area contributed by atoms with Gasteiger partial charge in [0.25, 0.3) is 0 Å². The highest BCUT2D eigenvalue weighted by molar-refractivity contribution is 6.33. The minimum absolute atomic E-state index is 0.154. The van der Waals surface area contributed by atoms with Crippen LogP contribution >= 0.6 is 11.6 Å². The van der Waals surface area contributed by atoms with E-state index >= 15 is 0 Å². The summed E-state index contributed by atoms with van der Waals surface area (Å²) >= 11 is 5.76. The van der Waals surface area contributed by atoms with Gasteiger partial charge in [0.05, 0.1) is 16.3 Å². The second-order valence-electron chi connectivity index (χ2n) is 3.63. The molecule has 1 heterocycles. The van der Waals surface area contributed by atoms with Crippen molar-refractivity contribution in [2.24, 2.45) is 0 Å². The zero-order valence-electron chi connectivity index (χ0n) is 9.12. The van der Waals surface area contributed by atoms with E-state index in [1.165, 1.54) is 12.1 Å². The number of carbonyl (C=O) groups is 1. The maximum atomic E-state index is 12.9. The Morgan fingerprint density at radius 1 is 1.37 bits per heavy atom. The molecule has 0 fully saturated rings. The van der Waals surface area contributed by atoms with Crippen LogP contribution in [0, 0.1) is 0 Å². The molecule has 0 saturated heterocycles. The van der Waals surface area contributed by atoms with Crippen molar-refractivity contribution in [3.05, 3.63) is 40.5 Å². The number of alkyl halides is 3. The fourth-order valence-electron chi connectivity index (χ4n) is 1.58. The average Bonchev–Trinajstić information content (AvgIpc) is 2.76. The van der Waals surface area contributed by atoms with Gasteiger partial charge in [-0.2, -0.15) is 18.3 Å². The summed E-state index contributed by atoms with van der Waals surface area (Å²) in [6, 6.07) is 4.30. The molecule has 0 unspecified atom stereocenters. The quantitative estimate of drug-likeness (QED) is 0.890. The predicted octanol–water partition coefficient (Wildman–Crippen LogP) is 3.45. The molecule has 0 aliphatic carbocycles. The molecule has 2 N–H and O–H groups in total. The van der Waals surface area contributed by atoms with Gasteiger partial charge in [-0.15, -0.1) is 0 Å². The monoisotopic (exact) mass is 290 g/mol. The Bertz CT molecular complexity index is 637. The molecule has 1 aromatic heterocycles. The van der Waals surface area contributed by atoms with Gasteiger partial charge in [0.2, 0.25) is 0 Å². The Kier molecular flexibility index (Phi) is 3.23. The molecule has 2 aromatic rings. The van der Waals surface area contributed by atoms with Crippen LogP contribution in [-0.4, -0.2) is 21.3 Å². The fourth-order valence-corrected chi connectivity index (χ4v) is 1.85. The molecule has 1 aromatic carbocycles. The van der Waals surface area contributed by atoms with Crippen LogP contribution in [0.3, 0.4) is 0 Å². The largest absolute Gasteiger partial charge is 0.477 e. The molecule has 8 heteroatoms. The zero-order valence-corrected chi connectivity index (χ0v) is 9.88. The number of nitrogens with zero attached hydrogens (tertiary/aromatic N) is 1. The van der Waals surface area contributed by atoms with E-state index in [4.69, 9.17) is 16.7 Å². The highest BCUT2D eigenvalue weighted by Crippen LogP contribution is 2.40. The summed E-state index contributed by atoms with van der Waals surface area (Å²) in [4.78, 5) is 10.7. The first-order valence-corrected chi connectivity index (χ1v) is 5.33. The van der Waals surface area contributed by atoms with E-state index < -0.39 is 17.7 Å². The summed E-state index contributed by atoms with van der Waals surface area (Å²) in [5.74, 6) is -1.32. The van der Waals surface area contributed by atoms with Crippen LogP contribution in [0.15, 0.2) is 24.3 Å². The average molecular weight is 291 g/mol. The van der Waals surface area contributed by atoms with Gasteiger partial charge in [0.1, 0.15) is 5.69 Å². The van der Waals surface area contributed by atoms with Crippen molar-refractivity contribution >= 4 is 17.6 Å². The molecular weight excluding hydrogens is 285 g/mol. The molecule has 4 nitrogen and oxygen atoms in total. The van der Waals surface area contributed by atoms with Gasteiger partial charge in [-0.3, -0.25) is 5.10 Å². The SMILES string of the molecule is O=C(O)c1cc(-c2c(Cl)cccc2C(F)(F)F)n[nH]1. The summed E-state index contributed by atoms with van der Waals surface area (Å²) in [6.45, 7) is 0. The second-order valence-corrected chi connectivity index (χ2v) is 4.04. The first-order valence-electron chi connectivity index (χ1n) is 4.95. The molecule has 0 radical (unpaired) electrons. The minimum Gasteiger partial charge on any atom is -0.477 e. The van der Waals surface area contributed by atoms with E-state index in [1.807, 2.05) is 0 Å². The lowest BCUT2D eigenvalue weighted by Crippen LogP contribution is -2.07. The van der Waals surface area contributed by atoms with E-state index in [1.54, 1.807) is 0 Å². The third kappa shape index (κ3) is 2.55. The van der Waals surface area contributed by atoms with E-state index in [9.17, 15) is 18.0 Å². The number of aromatic nitrogens is 2. The van der Waals surface area contributed by atoms with Gasteiger partial charge in [-0.1, -0.05) is 17.7 Å². The molecule has 0 aliphatic heterocycles. The molecule has 0 aliphatic rings. The van der Waals surface area contributed by atoms with Crippen molar-refractivity contribution in [1.29, 1.82) is 0 Å². The summed E-state index contributed by atoms with van der Waals surface area (Å²) in [7, 11) is 0. The fraction of sp³-hybridized carbons (Fsp3) is 0.0909. The van der Waals surface area contributed by atoms with Gasteiger partial charge >= 0.3 is 12.1 Å². The molecule has 0 bridgehead atoms. The number of aromatic amines is 1. The second kappa shape index (κ2) is 4.58. The number of carboxylic acid groups (broad SMARTS) is 1. The van der Waals surface area contributed by atoms with Crippen molar-refractivity contribution in [2.45, 2.75) is 6.18 Å². The van der Waals surface area contributed by atoms with Crippen molar-refractivity contribution in [3.63, 3.8) is 0 Å². The van der Waals surface area contributed by atoms with Crippen molar-refractivity contribution in [1.82, 2.24) is 10.2 Å². The summed E-state index contributed by atoms with van der Waals surface area (Å²) < 4.78 is 38.6. The molecule has 100 valence electrons. The highest BCUT2D eigenvalue weighted by atomic mass is 35.5. The van der Waals surface area contributed by atoms with Gasteiger partial charge in [0.15, 0.2) is 0 Å². The molecule has 19 heavy (non-hydrogen) atoms. The standard InChI is InChI=1S/C11H6ClF3N2O2/c12-6-3-1-2-5(11(13,14)15)9(6)7-4-8(10(18)19)17-16-7/h1-4H,(H,16,17)(H,18,19). The first-order chi connectivity index (χ1) is 8.80. The third-order valence-electron chi connectivity index (χ3n) is 2.38. The highest BCUT2D eigenvalue weighted by Gasteiger charge is 2.35. The molecular formula is C11H6ClF3N2O2. The zero-order chi connectivity index (χ0) is 14.2. The number of halogens is 4. The van der Waals surface area contributed by atoms with Gasteiger partial charge in [-0.25, -0.2) is 4.79 Å². The van der Waals surface area contributed by atoms with Crippen LogP contribution in [0.25, 0.3) is 11.3 Å². The lowest BCUT2D eigenvalue weighted by molar-refractivity contribution is -0.137. The Labute approximate surface area is 109 Å². The third-order valence-corrected chi connectivity index (χ3v) is 2.70. The smallest absolute Gasteiger partial charge is 0.417 e. The Hall–Kier alpha value is -2.02. The van der Waals surface area contributed by atoms with Crippen molar-refractivity contribution in [2.75, 3.05) is 0 Å². The summed E-state index contributed by atoms with van der Waals surface area (Å²) in [6.07, 6.45) is -4.61. The molecule has 0 saturated carbocycles. The lowest BCUT2D eigenvalue weighted by Gasteiger charge is -2.12. The number of carboxylic acids is 1. The Morgan fingerprint density at radius 3 is 2.58 bits per heavy atom. The van der Waals surface area contributed by atoms with Gasteiger partial charge in [0, 0.05) is 5.56 Å². The van der Waals surface area contributed by atoms with E-state index in [0.29, 0.717) is 0 Å². The Balaban J connectivity index is 2.63. The number of hydrogen-bond acceptors (Lipinski definition) is 2. The van der Waals surface area contributed by atoms with Crippen LogP contribution < -0.4 is 0 Å². The normalized spacial score (nSPS) is 11.6. The van der Waals surface area contributed by atoms with Gasteiger partial charge in [-0.05, 0) is 18.2 Å². The Morgan fingerprint density at radius 2 is 2.05 bits per heavy atom. The molecule has 0 amide bonds. The number of rotatable bonds is 2. The van der Waals surface area contributed by atoms with E-state index in [0.717, 1.165) is 12.1 Å². The van der Waals surface area contributed by atoms with Crippen LogP contribution in [0.2, 0.25) is 5.02 Å². The van der Waals surface area contributed by atoms with Crippen LogP contribution in [0.1, 0.15) is 16.1 Å². The summed E-state index contributed by atoms with van der Waals surface area (Å²) in [5.41, 5.74) is -1.80. The molecule has 0 spiro atoms. The van der Waals surface area contributed by atoms with Crippen molar-refractivity contribution < 1.29 is 23.1 Å². The maximum Gasteiger partial charge on any atom is 0.417 e. The van der Waals surface area contributed by atoms with E-state index in [-0.39, 0.29) is 22.0 Å². The maximum absolute atomic E-state index is 12.9.